The molecule has 104 valence electrons. The molecule has 0 aromatic carbocycles. The van der Waals surface area contributed by atoms with Crippen molar-refractivity contribution in [2.45, 2.75) is 38.0 Å². The molecule has 0 spiro atoms. The highest BCUT2D eigenvalue weighted by Crippen LogP contribution is 2.31. The van der Waals surface area contributed by atoms with Gasteiger partial charge in [0.2, 0.25) is 5.95 Å². The van der Waals surface area contributed by atoms with Gasteiger partial charge in [-0.1, -0.05) is 19.3 Å². The Morgan fingerprint density at radius 2 is 1.85 bits per heavy atom. The van der Waals surface area contributed by atoms with Gasteiger partial charge in [-0.15, -0.1) is 0 Å². The van der Waals surface area contributed by atoms with Crippen LogP contribution in [0.4, 0.5) is 5.95 Å². The zero-order chi connectivity index (χ0) is 13.9. The van der Waals surface area contributed by atoms with Gasteiger partial charge in [0.15, 0.2) is 5.82 Å². The molecule has 2 heterocycles. The van der Waals surface area contributed by atoms with Crippen molar-refractivity contribution in [1.29, 1.82) is 0 Å². The molecule has 0 radical (unpaired) electrons. The van der Waals surface area contributed by atoms with Gasteiger partial charge in [-0.3, -0.25) is 4.98 Å². The highest BCUT2D eigenvalue weighted by molar-refractivity contribution is 9.10. The summed E-state index contributed by atoms with van der Waals surface area (Å²) in [5, 5.41) is 0. The first-order chi connectivity index (χ1) is 9.72. The molecule has 6 heteroatoms. The summed E-state index contributed by atoms with van der Waals surface area (Å²) in [4.78, 5) is 17.4. The van der Waals surface area contributed by atoms with Crippen molar-refractivity contribution in [1.82, 2.24) is 19.9 Å². The molecule has 2 N–H and O–H groups in total. The molecule has 0 atom stereocenters. The lowest BCUT2D eigenvalue weighted by Gasteiger charge is -2.20. The zero-order valence-corrected chi connectivity index (χ0v) is 12.7. The van der Waals surface area contributed by atoms with E-state index in [1.807, 2.05) is 12.1 Å². The Morgan fingerprint density at radius 3 is 2.55 bits per heavy atom. The molecule has 20 heavy (non-hydrogen) atoms. The maximum atomic E-state index is 5.83. The van der Waals surface area contributed by atoms with E-state index in [-0.39, 0.29) is 5.95 Å². The minimum Gasteiger partial charge on any atom is -0.368 e. The Hall–Kier alpha value is -1.56. The van der Waals surface area contributed by atoms with Crippen LogP contribution in [0.2, 0.25) is 0 Å². The minimum absolute atomic E-state index is 0.278. The number of rotatable bonds is 2. The second-order valence-corrected chi connectivity index (χ2v) is 5.99. The van der Waals surface area contributed by atoms with E-state index in [0.29, 0.717) is 11.7 Å². The van der Waals surface area contributed by atoms with Crippen LogP contribution in [0.15, 0.2) is 22.8 Å². The smallest absolute Gasteiger partial charge is 0.223 e. The standard InChI is InChI=1S/C14H16BrN5/c15-10-6-7-11(17-8-10)13-18-12(19-14(16)20-13)9-4-2-1-3-5-9/h6-9H,1-5H2,(H2,16,18,19,20). The molecule has 1 aliphatic carbocycles. The van der Waals surface area contributed by atoms with E-state index in [0.717, 1.165) is 28.8 Å². The van der Waals surface area contributed by atoms with E-state index in [1.54, 1.807) is 6.20 Å². The lowest BCUT2D eigenvalue weighted by atomic mass is 9.89. The third-order valence-electron chi connectivity index (χ3n) is 3.60. The van der Waals surface area contributed by atoms with Crippen LogP contribution >= 0.6 is 15.9 Å². The summed E-state index contributed by atoms with van der Waals surface area (Å²) in [6.07, 6.45) is 7.78. The maximum Gasteiger partial charge on any atom is 0.223 e. The predicted molar refractivity (Wildman–Crippen MR) is 81.0 cm³/mol. The van der Waals surface area contributed by atoms with Crippen molar-refractivity contribution in [2.75, 3.05) is 5.73 Å². The molecule has 0 saturated heterocycles. The Morgan fingerprint density at radius 1 is 1.05 bits per heavy atom. The molecule has 5 nitrogen and oxygen atoms in total. The normalized spacial score (nSPS) is 16.2. The van der Waals surface area contributed by atoms with E-state index < -0.39 is 0 Å². The highest BCUT2D eigenvalue weighted by atomic mass is 79.9. The van der Waals surface area contributed by atoms with Crippen LogP contribution in [0.5, 0.6) is 0 Å². The number of hydrogen-bond donors (Lipinski definition) is 1. The fraction of sp³-hybridized carbons (Fsp3) is 0.429. The number of nitrogens with two attached hydrogens (primary N) is 1. The molecule has 0 bridgehead atoms. The second-order valence-electron chi connectivity index (χ2n) is 5.07. The molecule has 1 aliphatic rings. The molecular formula is C14H16BrN5. The first kappa shape index (κ1) is 13.4. The number of nitrogen functional groups attached to an aromatic ring is 1. The van der Waals surface area contributed by atoms with E-state index >= 15 is 0 Å². The van der Waals surface area contributed by atoms with Crippen molar-refractivity contribution >= 4 is 21.9 Å². The van der Waals surface area contributed by atoms with E-state index in [4.69, 9.17) is 5.73 Å². The molecule has 0 unspecified atom stereocenters. The van der Waals surface area contributed by atoms with Crippen molar-refractivity contribution in [2.24, 2.45) is 0 Å². The van der Waals surface area contributed by atoms with Crippen LogP contribution in [0.1, 0.15) is 43.8 Å². The van der Waals surface area contributed by atoms with Gasteiger partial charge in [-0.2, -0.15) is 9.97 Å². The summed E-state index contributed by atoms with van der Waals surface area (Å²) in [6.45, 7) is 0. The molecule has 0 amide bonds. The Bertz CT molecular complexity index is 593. The maximum absolute atomic E-state index is 5.83. The largest absolute Gasteiger partial charge is 0.368 e. The van der Waals surface area contributed by atoms with Gasteiger partial charge in [0.25, 0.3) is 0 Å². The van der Waals surface area contributed by atoms with Crippen LogP contribution in [-0.4, -0.2) is 19.9 Å². The highest BCUT2D eigenvalue weighted by Gasteiger charge is 2.20. The quantitative estimate of drug-likeness (QED) is 0.911. The van der Waals surface area contributed by atoms with Crippen molar-refractivity contribution in [3.8, 4) is 11.5 Å². The average Bonchev–Trinajstić information content (AvgIpc) is 2.48. The summed E-state index contributed by atoms with van der Waals surface area (Å²) < 4.78 is 0.927. The summed E-state index contributed by atoms with van der Waals surface area (Å²) in [7, 11) is 0. The van der Waals surface area contributed by atoms with Gasteiger partial charge in [-0.05, 0) is 40.9 Å². The fourth-order valence-electron chi connectivity index (χ4n) is 2.58. The number of aromatic nitrogens is 4. The van der Waals surface area contributed by atoms with Crippen molar-refractivity contribution < 1.29 is 0 Å². The Balaban J connectivity index is 1.95. The molecule has 1 fully saturated rings. The topological polar surface area (TPSA) is 77.6 Å². The van der Waals surface area contributed by atoms with Crippen LogP contribution < -0.4 is 5.73 Å². The number of halogens is 1. The molecule has 2 aromatic rings. The third-order valence-corrected chi connectivity index (χ3v) is 4.07. The lowest BCUT2D eigenvalue weighted by Crippen LogP contribution is -2.12. The fourth-order valence-corrected chi connectivity index (χ4v) is 2.81. The zero-order valence-electron chi connectivity index (χ0n) is 11.1. The molecule has 3 rings (SSSR count). The Kier molecular flexibility index (Phi) is 3.91. The van der Waals surface area contributed by atoms with Gasteiger partial charge in [0.05, 0.1) is 0 Å². The number of anilines is 1. The van der Waals surface area contributed by atoms with E-state index in [1.165, 1.54) is 19.3 Å². The van der Waals surface area contributed by atoms with Crippen LogP contribution in [-0.2, 0) is 0 Å². The van der Waals surface area contributed by atoms with Gasteiger partial charge in [0, 0.05) is 16.6 Å². The summed E-state index contributed by atoms with van der Waals surface area (Å²) >= 11 is 3.37. The first-order valence-electron chi connectivity index (χ1n) is 6.86. The van der Waals surface area contributed by atoms with Gasteiger partial charge in [0.1, 0.15) is 11.5 Å². The SMILES string of the molecule is Nc1nc(-c2ccc(Br)cn2)nc(C2CCCCC2)n1. The summed E-state index contributed by atoms with van der Waals surface area (Å²) in [5.74, 6) is 2.06. The molecular weight excluding hydrogens is 318 g/mol. The monoisotopic (exact) mass is 333 g/mol. The second kappa shape index (κ2) is 5.83. The first-order valence-corrected chi connectivity index (χ1v) is 7.65. The van der Waals surface area contributed by atoms with Crippen LogP contribution in [0.3, 0.4) is 0 Å². The van der Waals surface area contributed by atoms with Crippen molar-refractivity contribution in [3.63, 3.8) is 0 Å². The van der Waals surface area contributed by atoms with Crippen LogP contribution in [0.25, 0.3) is 11.5 Å². The average molecular weight is 334 g/mol. The number of hydrogen-bond acceptors (Lipinski definition) is 5. The number of pyridine rings is 1. The predicted octanol–water partition coefficient (Wildman–Crippen LogP) is 3.33. The van der Waals surface area contributed by atoms with Gasteiger partial charge in [-0.25, -0.2) is 4.98 Å². The lowest BCUT2D eigenvalue weighted by molar-refractivity contribution is 0.428. The minimum atomic E-state index is 0.278. The number of nitrogens with zero attached hydrogens (tertiary/aromatic N) is 4. The third kappa shape index (κ3) is 2.95. The molecule has 1 saturated carbocycles. The summed E-state index contributed by atoms with van der Waals surface area (Å²) in [6, 6.07) is 3.80. The van der Waals surface area contributed by atoms with E-state index in [2.05, 4.69) is 35.9 Å². The van der Waals surface area contributed by atoms with Crippen LogP contribution in [0, 0.1) is 0 Å². The van der Waals surface area contributed by atoms with Gasteiger partial charge >= 0.3 is 0 Å². The Labute approximate surface area is 126 Å². The van der Waals surface area contributed by atoms with Gasteiger partial charge < -0.3 is 5.73 Å². The van der Waals surface area contributed by atoms with E-state index in [9.17, 15) is 0 Å². The molecule has 0 aliphatic heterocycles. The van der Waals surface area contributed by atoms with Crippen molar-refractivity contribution in [3.05, 3.63) is 28.6 Å². The summed E-state index contributed by atoms with van der Waals surface area (Å²) in [5.41, 5.74) is 6.56. The molecule has 2 aromatic heterocycles.